The third-order valence-electron chi connectivity index (χ3n) is 1.77. The Morgan fingerprint density at radius 1 is 1.83 bits per heavy atom. The number of hydrogen-bond donors (Lipinski definition) is 0. The molecule has 0 aromatic heterocycles. The average molecular weight is 168 g/mol. The molecular formula is C6H11BN3O2. The lowest BCUT2D eigenvalue weighted by Gasteiger charge is -2.15. The Balaban J connectivity index is 2.45. The van der Waals surface area contributed by atoms with Gasteiger partial charge in [-0.2, -0.15) is 0 Å². The van der Waals surface area contributed by atoms with Gasteiger partial charge in [0.15, 0.2) is 0 Å². The Morgan fingerprint density at radius 2 is 2.67 bits per heavy atom. The minimum atomic E-state index is -0.0984. The highest BCUT2D eigenvalue weighted by molar-refractivity contribution is 6.18. The van der Waals surface area contributed by atoms with E-state index in [1.165, 1.54) is 7.69 Å². The van der Waals surface area contributed by atoms with Crippen molar-refractivity contribution in [1.29, 1.82) is 0 Å². The highest BCUT2D eigenvalue weighted by atomic mass is 16.6. The fourth-order valence-corrected chi connectivity index (χ4v) is 1.17. The molecule has 1 fully saturated rings. The molecule has 1 radical (unpaired) electrons. The Kier molecular flexibility index (Phi) is 3.93. The second-order valence-electron chi connectivity index (χ2n) is 2.67. The van der Waals surface area contributed by atoms with Crippen LogP contribution in [0.3, 0.4) is 0 Å². The molecule has 0 saturated carbocycles. The summed E-state index contributed by atoms with van der Waals surface area (Å²) in [6, 6.07) is -0.0984. The summed E-state index contributed by atoms with van der Waals surface area (Å²) >= 11 is 0. The van der Waals surface area contributed by atoms with E-state index in [1.807, 2.05) is 6.92 Å². The van der Waals surface area contributed by atoms with Crippen LogP contribution in [0.15, 0.2) is 5.11 Å². The summed E-state index contributed by atoms with van der Waals surface area (Å²) in [4.78, 5) is 2.77. The molecule has 2 atom stereocenters. The Labute approximate surface area is 72.0 Å². The molecule has 6 heteroatoms. The quantitative estimate of drug-likeness (QED) is 0.275. The van der Waals surface area contributed by atoms with Crippen molar-refractivity contribution < 1.29 is 9.31 Å². The summed E-state index contributed by atoms with van der Waals surface area (Å²) in [6.45, 7) is 2.53. The normalized spacial score (nSPS) is 24.2. The number of azide groups is 1. The molecule has 0 amide bonds. The fraction of sp³-hybridized carbons (Fsp3) is 1.00. The van der Waals surface area contributed by atoms with Crippen LogP contribution in [-0.2, 0) is 9.31 Å². The molecule has 65 valence electrons. The zero-order chi connectivity index (χ0) is 8.81. The van der Waals surface area contributed by atoms with Gasteiger partial charge in [-0.15, -0.1) is 0 Å². The van der Waals surface area contributed by atoms with E-state index in [-0.39, 0.29) is 12.1 Å². The van der Waals surface area contributed by atoms with Crippen LogP contribution >= 0.6 is 0 Å². The number of hydrogen-bond acceptors (Lipinski definition) is 3. The van der Waals surface area contributed by atoms with Crippen molar-refractivity contribution in [3.63, 3.8) is 0 Å². The summed E-state index contributed by atoms with van der Waals surface area (Å²) in [5.74, 6) is 0. The summed E-state index contributed by atoms with van der Waals surface area (Å²) in [5, 5.41) is 3.65. The molecule has 1 heterocycles. The van der Waals surface area contributed by atoms with Crippen LogP contribution in [0.4, 0.5) is 0 Å². The zero-order valence-electron chi connectivity index (χ0n) is 7.01. The van der Waals surface area contributed by atoms with Gasteiger partial charge in [0, 0.05) is 4.91 Å². The minimum Gasteiger partial charge on any atom is -0.411 e. The van der Waals surface area contributed by atoms with Gasteiger partial charge >= 0.3 is 7.69 Å². The highest BCUT2D eigenvalue weighted by Gasteiger charge is 2.25. The standard InChI is InChI=1S/C6H11BN3O2/c1-2-3-5(9-10-8)6-4-11-7-12-6/h5-6H,2-4H2,1H3/t5-,6+/m0/s1. The van der Waals surface area contributed by atoms with Crippen LogP contribution in [0.25, 0.3) is 10.4 Å². The van der Waals surface area contributed by atoms with Crippen molar-refractivity contribution >= 4 is 7.69 Å². The summed E-state index contributed by atoms with van der Waals surface area (Å²) in [5.41, 5.74) is 8.28. The van der Waals surface area contributed by atoms with E-state index in [0.29, 0.717) is 6.61 Å². The van der Waals surface area contributed by atoms with Crippen molar-refractivity contribution in [2.24, 2.45) is 5.11 Å². The number of rotatable bonds is 4. The SMILES string of the molecule is CCC[C@H](N=[N+]=[N-])[C@H]1CO[B]O1. The van der Waals surface area contributed by atoms with E-state index < -0.39 is 0 Å². The van der Waals surface area contributed by atoms with Crippen LogP contribution in [0.1, 0.15) is 19.8 Å². The lowest BCUT2D eigenvalue weighted by molar-refractivity contribution is 0.195. The maximum Gasteiger partial charge on any atom is 0.488 e. The molecule has 1 saturated heterocycles. The topological polar surface area (TPSA) is 67.2 Å². The molecule has 0 bridgehead atoms. The van der Waals surface area contributed by atoms with Crippen molar-refractivity contribution in [1.82, 2.24) is 0 Å². The molecule has 1 rings (SSSR count). The maximum absolute atomic E-state index is 8.28. The second kappa shape index (κ2) is 5.03. The summed E-state index contributed by atoms with van der Waals surface area (Å²) < 4.78 is 10.0. The maximum atomic E-state index is 8.28. The Bertz CT molecular complexity index is 178. The first-order valence-electron chi connectivity index (χ1n) is 4.01. The lowest BCUT2D eigenvalue weighted by atomic mass is 10.1. The van der Waals surface area contributed by atoms with Gasteiger partial charge < -0.3 is 9.31 Å². The number of nitrogens with zero attached hydrogens (tertiary/aromatic N) is 3. The molecule has 0 N–H and O–H groups in total. The van der Waals surface area contributed by atoms with Crippen LogP contribution in [0, 0.1) is 0 Å². The van der Waals surface area contributed by atoms with Gasteiger partial charge in [0.25, 0.3) is 0 Å². The molecule has 1 aliphatic heterocycles. The van der Waals surface area contributed by atoms with E-state index in [0.717, 1.165) is 12.8 Å². The van der Waals surface area contributed by atoms with Crippen LogP contribution < -0.4 is 0 Å². The molecule has 5 nitrogen and oxygen atoms in total. The third-order valence-corrected chi connectivity index (χ3v) is 1.77. The average Bonchev–Trinajstić information content (AvgIpc) is 2.56. The van der Waals surface area contributed by atoms with Gasteiger partial charge in [0.2, 0.25) is 0 Å². The van der Waals surface area contributed by atoms with Crippen LogP contribution in [0.2, 0.25) is 0 Å². The first-order chi connectivity index (χ1) is 5.88. The summed E-state index contributed by atoms with van der Waals surface area (Å²) in [6.07, 6.45) is 1.72. The predicted molar refractivity (Wildman–Crippen MR) is 44.4 cm³/mol. The minimum absolute atomic E-state index is 0.0964. The largest absolute Gasteiger partial charge is 0.488 e. The van der Waals surface area contributed by atoms with E-state index >= 15 is 0 Å². The van der Waals surface area contributed by atoms with Crippen LogP contribution in [0.5, 0.6) is 0 Å². The van der Waals surface area contributed by atoms with E-state index in [2.05, 4.69) is 10.0 Å². The summed E-state index contributed by atoms with van der Waals surface area (Å²) in [7, 11) is 1.31. The monoisotopic (exact) mass is 168 g/mol. The van der Waals surface area contributed by atoms with E-state index in [4.69, 9.17) is 14.8 Å². The molecule has 0 unspecified atom stereocenters. The molecule has 12 heavy (non-hydrogen) atoms. The van der Waals surface area contributed by atoms with E-state index in [9.17, 15) is 0 Å². The molecule has 0 aromatic rings. The van der Waals surface area contributed by atoms with Crippen molar-refractivity contribution in [2.45, 2.75) is 31.9 Å². The van der Waals surface area contributed by atoms with Gasteiger partial charge in [-0.05, 0) is 12.0 Å². The zero-order valence-corrected chi connectivity index (χ0v) is 7.01. The molecular weight excluding hydrogens is 157 g/mol. The third kappa shape index (κ3) is 2.41. The molecule has 0 aromatic carbocycles. The van der Waals surface area contributed by atoms with Gasteiger partial charge in [0.1, 0.15) is 0 Å². The van der Waals surface area contributed by atoms with Crippen molar-refractivity contribution in [3.05, 3.63) is 10.4 Å². The van der Waals surface area contributed by atoms with Crippen molar-refractivity contribution in [2.75, 3.05) is 6.61 Å². The molecule has 0 spiro atoms. The lowest BCUT2D eigenvalue weighted by Crippen LogP contribution is -2.25. The first-order valence-corrected chi connectivity index (χ1v) is 4.01. The van der Waals surface area contributed by atoms with Crippen LogP contribution in [-0.4, -0.2) is 26.4 Å². The van der Waals surface area contributed by atoms with Gasteiger partial charge in [0.05, 0.1) is 18.8 Å². The smallest absolute Gasteiger partial charge is 0.411 e. The highest BCUT2D eigenvalue weighted by Crippen LogP contribution is 2.14. The van der Waals surface area contributed by atoms with Gasteiger partial charge in [-0.3, -0.25) is 0 Å². The second-order valence-corrected chi connectivity index (χ2v) is 2.67. The van der Waals surface area contributed by atoms with Gasteiger partial charge in [-0.25, -0.2) is 0 Å². The Morgan fingerprint density at radius 3 is 3.17 bits per heavy atom. The Hall–Kier alpha value is -0.705. The fourth-order valence-electron chi connectivity index (χ4n) is 1.17. The molecule has 0 aliphatic carbocycles. The van der Waals surface area contributed by atoms with Crippen molar-refractivity contribution in [3.8, 4) is 0 Å². The molecule has 1 aliphatic rings. The predicted octanol–water partition coefficient (Wildman–Crippen LogP) is 1.41. The van der Waals surface area contributed by atoms with E-state index in [1.54, 1.807) is 0 Å². The van der Waals surface area contributed by atoms with Gasteiger partial charge in [-0.1, -0.05) is 18.5 Å². The first kappa shape index (κ1) is 9.38.